The molecule has 1 heterocycles. The number of ketones is 1. The van der Waals surface area contributed by atoms with E-state index in [1.807, 2.05) is 19.9 Å². The van der Waals surface area contributed by atoms with Crippen LogP contribution in [0.1, 0.15) is 45.4 Å². The number of nitrogens with one attached hydrogen (secondary N) is 2. The quantitative estimate of drug-likeness (QED) is 0.665. The molecule has 2 rings (SSSR count). The van der Waals surface area contributed by atoms with E-state index in [9.17, 15) is 14.4 Å². The molecule has 0 bridgehead atoms. The summed E-state index contributed by atoms with van der Waals surface area (Å²) in [6.07, 6.45) is -0.291. The molecule has 0 spiro atoms. The highest BCUT2D eigenvalue weighted by Crippen LogP contribution is 2.25. The van der Waals surface area contributed by atoms with Gasteiger partial charge in [-0.25, -0.2) is 4.79 Å². The highest BCUT2D eigenvalue weighted by Gasteiger charge is 2.15. The first-order valence-corrected chi connectivity index (χ1v) is 9.57. The van der Waals surface area contributed by atoms with Crippen LogP contribution in [0.2, 0.25) is 0 Å². The number of Topliss-reactive ketones (excluding diaryl/α,β-unsaturated/α-hetero) is 1. The second-order valence-electron chi connectivity index (χ2n) is 6.12. The van der Waals surface area contributed by atoms with Gasteiger partial charge in [0, 0.05) is 39.5 Å². The van der Waals surface area contributed by atoms with Crippen LogP contribution in [0.15, 0.2) is 24.3 Å². The van der Waals surface area contributed by atoms with E-state index in [4.69, 9.17) is 4.74 Å². The number of anilines is 2. The van der Waals surface area contributed by atoms with Gasteiger partial charge in [0.1, 0.15) is 0 Å². The van der Waals surface area contributed by atoms with Gasteiger partial charge in [-0.05, 0) is 51.5 Å². The van der Waals surface area contributed by atoms with Crippen molar-refractivity contribution in [2.45, 2.75) is 40.5 Å². The fraction of sp³-hybridized carbons (Fsp3) is 0.350. The van der Waals surface area contributed by atoms with E-state index in [0.29, 0.717) is 16.9 Å². The SMILES string of the molecule is CCOC(=O)Nc1cccc(NC(=O)CCC(=O)c2cc(C)sc2C)c1C. The van der Waals surface area contributed by atoms with Gasteiger partial charge in [0.15, 0.2) is 5.78 Å². The molecule has 0 saturated carbocycles. The summed E-state index contributed by atoms with van der Waals surface area (Å²) >= 11 is 1.58. The molecule has 2 amide bonds. The highest BCUT2D eigenvalue weighted by atomic mass is 32.1. The van der Waals surface area contributed by atoms with E-state index < -0.39 is 6.09 Å². The summed E-state index contributed by atoms with van der Waals surface area (Å²) in [5, 5.41) is 5.44. The predicted molar refractivity (Wildman–Crippen MR) is 108 cm³/mol. The maximum Gasteiger partial charge on any atom is 0.411 e. The maximum absolute atomic E-state index is 12.3. The number of thiophene rings is 1. The molecule has 27 heavy (non-hydrogen) atoms. The molecule has 0 aliphatic heterocycles. The van der Waals surface area contributed by atoms with E-state index >= 15 is 0 Å². The lowest BCUT2D eigenvalue weighted by Crippen LogP contribution is -2.17. The van der Waals surface area contributed by atoms with Gasteiger partial charge >= 0.3 is 6.09 Å². The van der Waals surface area contributed by atoms with Crippen LogP contribution in [0.3, 0.4) is 0 Å². The Balaban J connectivity index is 1.96. The summed E-state index contributed by atoms with van der Waals surface area (Å²) in [5.41, 5.74) is 2.56. The van der Waals surface area contributed by atoms with Gasteiger partial charge in [0.2, 0.25) is 5.91 Å². The largest absolute Gasteiger partial charge is 0.450 e. The summed E-state index contributed by atoms with van der Waals surface area (Å²) in [7, 11) is 0. The van der Waals surface area contributed by atoms with E-state index in [1.54, 1.807) is 43.4 Å². The van der Waals surface area contributed by atoms with Gasteiger partial charge in [-0.2, -0.15) is 0 Å². The van der Waals surface area contributed by atoms with Crippen molar-refractivity contribution in [3.63, 3.8) is 0 Å². The molecule has 6 nitrogen and oxygen atoms in total. The van der Waals surface area contributed by atoms with Crippen molar-refractivity contribution in [3.05, 3.63) is 45.1 Å². The van der Waals surface area contributed by atoms with Gasteiger partial charge < -0.3 is 10.1 Å². The lowest BCUT2D eigenvalue weighted by molar-refractivity contribution is -0.116. The zero-order chi connectivity index (χ0) is 20.0. The summed E-state index contributed by atoms with van der Waals surface area (Å²) in [5.74, 6) is -0.272. The standard InChI is InChI=1S/C20H24N2O4S/c1-5-26-20(25)22-17-8-6-7-16(13(17)3)21-19(24)10-9-18(23)15-11-12(2)27-14(15)4/h6-8,11H,5,9-10H2,1-4H3,(H,21,24)(H,22,25). The molecule has 1 aromatic heterocycles. The number of carbonyl (C=O) groups excluding carboxylic acids is 3. The van der Waals surface area contributed by atoms with Crippen LogP contribution < -0.4 is 10.6 Å². The monoisotopic (exact) mass is 388 g/mol. The van der Waals surface area contributed by atoms with Crippen LogP contribution in [0.5, 0.6) is 0 Å². The minimum Gasteiger partial charge on any atom is -0.450 e. The Hall–Kier alpha value is -2.67. The smallest absolute Gasteiger partial charge is 0.411 e. The summed E-state index contributed by atoms with van der Waals surface area (Å²) in [6, 6.07) is 7.08. The average Bonchev–Trinajstić information content (AvgIpc) is 2.95. The topological polar surface area (TPSA) is 84.5 Å². The Morgan fingerprint density at radius 2 is 1.70 bits per heavy atom. The highest BCUT2D eigenvalue weighted by molar-refractivity contribution is 7.12. The van der Waals surface area contributed by atoms with Crippen molar-refractivity contribution < 1.29 is 19.1 Å². The van der Waals surface area contributed by atoms with Crippen molar-refractivity contribution in [1.29, 1.82) is 0 Å². The number of ether oxygens (including phenoxy) is 1. The molecule has 0 fully saturated rings. The first-order valence-electron chi connectivity index (χ1n) is 8.75. The molecule has 0 unspecified atom stereocenters. The zero-order valence-electron chi connectivity index (χ0n) is 16.0. The number of carbonyl (C=O) groups is 3. The van der Waals surface area contributed by atoms with E-state index in [2.05, 4.69) is 10.6 Å². The van der Waals surface area contributed by atoms with Crippen molar-refractivity contribution in [2.75, 3.05) is 17.2 Å². The Kier molecular flexibility index (Phi) is 7.12. The van der Waals surface area contributed by atoms with Crippen LogP contribution >= 0.6 is 11.3 Å². The van der Waals surface area contributed by atoms with Crippen LogP contribution in [-0.2, 0) is 9.53 Å². The summed E-state index contributed by atoms with van der Waals surface area (Å²) in [4.78, 5) is 38.2. The van der Waals surface area contributed by atoms with Gasteiger partial charge in [-0.3, -0.25) is 14.9 Å². The lowest BCUT2D eigenvalue weighted by Gasteiger charge is -2.13. The van der Waals surface area contributed by atoms with Crippen LogP contribution in [0.4, 0.5) is 16.2 Å². The van der Waals surface area contributed by atoms with Crippen LogP contribution in [0.25, 0.3) is 0 Å². The molecule has 0 aliphatic rings. The van der Waals surface area contributed by atoms with Crippen LogP contribution in [-0.4, -0.2) is 24.4 Å². The van der Waals surface area contributed by atoms with Gasteiger partial charge in [-0.15, -0.1) is 11.3 Å². The zero-order valence-corrected chi connectivity index (χ0v) is 16.8. The predicted octanol–water partition coefficient (Wildman–Crippen LogP) is 4.84. The number of amides is 2. The normalized spacial score (nSPS) is 10.4. The third kappa shape index (κ3) is 5.65. The minimum absolute atomic E-state index is 0.0264. The molecule has 144 valence electrons. The van der Waals surface area contributed by atoms with Gasteiger partial charge in [-0.1, -0.05) is 6.07 Å². The fourth-order valence-electron chi connectivity index (χ4n) is 2.67. The van der Waals surface area contributed by atoms with Crippen molar-refractivity contribution >= 4 is 40.5 Å². The van der Waals surface area contributed by atoms with Gasteiger partial charge in [0.25, 0.3) is 0 Å². The Bertz CT molecular complexity index is 858. The van der Waals surface area contributed by atoms with E-state index in [-0.39, 0.29) is 31.1 Å². The molecule has 2 aromatic rings. The van der Waals surface area contributed by atoms with E-state index in [1.165, 1.54) is 0 Å². The first kappa shape index (κ1) is 20.6. The molecule has 0 atom stereocenters. The number of rotatable bonds is 7. The van der Waals surface area contributed by atoms with E-state index in [0.717, 1.165) is 15.3 Å². The number of hydrogen-bond donors (Lipinski definition) is 2. The Labute approximate surface area is 162 Å². The Morgan fingerprint density at radius 3 is 2.30 bits per heavy atom. The second-order valence-corrected chi connectivity index (χ2v) is 7.58. The third-order valence-corrected chi connectivity index (χ3v) is 5.01. The van der Waals surface area contributed by atoms with Gasteiger partial charge in [0.05, 0.1) is 6.61 Å². The van der Waals surface area contributed by atoms with Crippen LogP contribution in [0, 0.1) is 20.8 Å². The molecule has 0 aliphatic carbocycles. The molecule has 1 aromatic carbocycles. The molecule has 2 N–H and O–H groups in total. The van der Waals surface area contributed by atoms with Crippen molar-refractivity contribution in [2.24, 2.45) is 0 Å². The molecular weight excluding hydrogens is 364 g/mol. The number of hydrogen-bond acceptors (Lipinski definition) is 5. The third-order valence-electron chi connectivity index (χ3n) is 4.04. The lowest BCUT2D eigenvalue weighted by atomic mass is 10.1. The number of aryl methyl sites for hydroxylation is 2. The van der Waals surface area contributed by atoms with Crippen molar-refractivity contribution in [1.82, 2.24) is 0 Å². The summed E-state index contributed by atoms with van der Waals surface area (Å²) in [6.45, 7) is 7.67. The van der Waals surface area contributed by atoms with Crippen molar-refractivity contribution in [3.8, 4) is 0 Å². The fourth-order valence-corrected chi connectivity index (χ4v) is 3.61. The molecule has 0 radical (unpaired) electrons. The average molecular weight is 388 g/mol. The first-order chi connectivity index (χ1) is 12.8. The maximum atomic E-state index is 12.3. The number of benzene rings is 1. The minimum atomic E-state index is -0.545. The second kappa shape index (κ2) is 9.32. The molecular formula is C20H24N2O4S. The Morgan fingerprint density at radius 1 is 1.04 bits per heavy atom. The molecule has 7 heteroatoms. The molecule has 0 saturated heterocycles. The summed E-state index contributed by atoms with van der Waals surface area (Å²) < 4.78 is 4.87.